The third kappa shape index (κ3) is 2.57. The molecule has 6 nitrogen and oxygen atoms in total. The topological polar surface area (TPSA) is 69.7 Å². The Hall–Kier alpha value is -3.06. The molecule has 2 aliphatic rings. The van der Waals surface area contributed by atoms with Crippen molar-refractivity contribution in [2.75, 3.05) is 11.9 Å². The maximum Gasteiger partial charge on any atom is 0.270 e. The first kappa shape index (κ1) is 15.2. The Kier molecular flexibility index (Phi) is 3.53. The molecule has 0 spiro atoms. The van der Waals surface area contributed by atoms with Crippen molar-refractivity contribution in [3.05, 3.63) is 53.4 Å². The predicted octanol–water partition coefficient (Wildman–Crippen LogP) is 3.48. The maximum atomic E-state index is 12.6. The number of aromatic nitrogens is 1. The van der Waals surface area contributed by atoms with Gasteiger partial charge in [-0.2, -0.15) is 0 Å². The van der Waals surface area contributed by atoms with Crippen LogP contribution in [-0.4, -0.2) is 23.6 Å². The van der Waals surface area contributed by atoms with Gasteiger partial charge in [-0.25, -0.2) is 4.98 Å². The molecule has 0 radical (unpaired) electrons. The zero-order valence-electron chi connectivity index (χ0n) is 13.6. The molecule has 3 aromatic rings. The molecule has 1 aromatic heterocycles. The van der Waals surface area contributed by atoms with Crippen LogP contribution in [0.2, 0.25) is 0 Å². The van der Waals surface area contributed by atoms with Crippen LogP contribution in [0.1, 0.15) is 4.88 Å². The molecule has 0 fully saturated rings. The van der Waals surface area contributed by atoms with Gasteiger partial charge in [0.2, 0.25) is 6.10 Å². The van der Waals surface area contributed by atoms with E-state index < -0.39 is 6.10 Å². The fourth-order valence-corrected chi connectivity index (χ4v) is 3.87. The number of benzene rings is 2. The van der Waals surface area contributed by atoms with E-state index in [-0.39, 0.29) is 12.5 Å². The number of nitrogens with one attached hydrogen (secondary N) is 1. The Morgan fingerprint density at radius 2 is 1.81 bits per heavy atom. The number of hydrogen-bond acceptors (Lipinski definition) is 6. The molecule has 2 aromatic carbocycles. The Balaban J connectivity index is 1.35. The highest BCUT2D eigenvalue weighted by Gasteiger charge is 2.29. The molecule has 3 heterocycles. The van der Waals surface area contributed by atoms with Crippen molar-refractivity contribution in [1.82, 2.24) is 4.98 Å². The van der Waals surface area contributed by atoms with E-state index in [1.165, 1.54) is 11.3 Å². The molecule has 0 aliphatic carbocycles. The summed E-state index contributed by atoms with van der Waals surface area (Å²) < 4.78 is 17.1. The van der Waals surface area contributed by atoms with E-state index in [9.17, 15) is 4.79 Å². The van der Waals surface area contributed by atoms with Gasteiger partial charge in [0.25, 0.3) is 5.91 Å². The molecule has 1 atom stereocenters. The first-order chi connectivity index (χ1) is 12.8. The average Bonchev–Trinajstić information content (AvgIpc) is 3.10. The third-order valence-electron chi connectivity index (χ3n) is 4.23. The Morgan fingerprint density at radius 3 is 2.69 bits per heavy atom. The summed E-state index contributed by atoms with van der Waals surface area (Å²) in [5.74, 6) is 1.75. The number of thiazole rings is 1. The number of fused-ring (bicyclic) bond motifs is 4. The van der Waals surface area contributed by atoms with Gasteiger partial charge in [-0.05, 0) is 24.3 Å². The molecule has 0 saturated carbocycles. The number of rotatable bonds is 2. The molecular formula is C19H14N2O4S. The lowest BCUT2D eigenvalue weighted by Gasteiger charge is -2.25. The molecular weight excluding hydrogens is 352 g/mol. The third-order valence-corrected chi connectivity index (χ3v) is 5.17. The van der Waals surface area contributed by atoms with Crippen LogP contribution in [0.25, 0.3) is 11.3 Å². The van der Waals surface area contributed by atoms with Crippen LogP contribution >= 0.6 is 11.3 Å². The molecule has 5 rings (SSSR count). The zero-order chi connectivity index (χ0) is 17.5. The van der Waals surface area contributed by atoms with E-state index >= 15 is 0 Å². The van der Waals surface area contributed by atoms with E-state index in [0.29, 0.717) is 23.2 Å². The van der Waals surface area contributed by atoms with Gasteiger partial charge in [-0.3, -0.25) is 10.1 Å². The van der Waals surface area contributed by atoms with Gasteiger partial charge in [0, 0.05) is 5.56 Å². The lowest BCUT2D eigenvalue weighted by molar-refractivity contribution is -0.125. The van der Waals surface area contributed by atoms with Gasteiger partial charge in [0.15, 0.2) is 16.6 Å². The van der Waals surface area contributed by atoms with Gasteiger partial charge in [-0.1, -0.05) is 35.6 Å². The lowest BCUT2D eigenvalue weighted by Crippen LogP contribution is -2.40. The molecule has 0 bridgehead atoms. The van der Waals surface area contributed by atoms with Crippen molar-refractivity contribution < 1.29 is 19.0 Å². The van der Waals surface area contributed by atoms with Crippen LogP contribution in [0.5, 0.6) is 17.2 Å². The van der Waals surface area contributed by atoms with Crippen molar-refractivity contribution in [2.45, 2.75) is 12.7 Å². The first-order valence-corrected chi connectivity index (χ1v) is 9.01. The summed E-state index contributed by atoms with van der Waals surface area (Å²) in [6.45, 7) is 0.621. The Labute approximate surface area is 153 Å². The van der Waals surface area contributed by atoms with E-state index in [2.05, 4.69) is 10.3 Å². The zero-order valence-corrected chi connectivity index (χ0v) is 14.4. The number of para-hydroxylation sites is 3. The molecule has 130 valence electrons. The van der Waals surface area contributed by atoms with Gasteiger partial charge in [-0.15, -0.1) is 0 Å². The van der Waals surface area contributed by atoms with E-state index in [1.54, 1.807) is 6.07 Å². The first-order valence-electron chi connectivity index (χ1n) is 8.19. The number of anilines is 1. The minimum absolute atomic E-state index is 0.167. The molecule has 1 amide bonds. The summed E-state index contributed by atoms with van der Waals surface area (Å²) in [6.07, 6.45) is -0.714. The normalized spacial score (nSPS) is 16.8. The molecule has 7 heteroatoms. The lowest BCUT2D eigenvalue weighted by atomic mass is 10.1. The summed E-state index contributed by atoms with van der Waals surface area (Å²) in [7, 11) is 0. The quantitative estimate of drug-likeness (QED) is 0.752. The highest BCUT2D eigenvalue weighted by molar-refractivity contribution is 7.16. The van der Waals surface area contributed by atoms with Crippen LogP contribution in [0, 0.1) is 0 Å². The number of amides is 1. The second-order valence-corrected chi connectivity index (χ2v) is 7.01. The standard InChI is InChI=1S/C19H14N2O4S/c22-18(15-9-23-13-7-3-4-8-14(13)25-15)21-19-20-17-11-5-1-2-6-12(11)24-10-16(17)26-19/h1-8,15H,9-10H2,(H,20,21,22)/t15-/m0/s1. The fraction of sp³-hybridized carbons (Fsp3) is 0.158. The molecule has 0 saturated heterocycles. The van der Waals surface area contributed by atoms with E-state index in [0.717, 1.165) is 21.9 Å². The average molecular weight is 366 g/mol. The van der Waals surface area contributed by atoms with Crippen molar-refractivity contribution in [3.63, 3.8) is 0 Å². The summed E-state index contributed by atoms with van der Waals surface area (Å²) in [5.41, 5.74) is 1.80. The highest BCUT2D eigenvalue weighted by atomic mass is 32.1. The molecule has 0 unspecified atom stereocenters. The molecule has 2 aliphatic heterocycles. The van der Waals surface area contributed by atoms with Crippen molar-refractivity contribution in [1.29, 1.82) is 0 Å². The Bertz CT molecular complexity index is 1000. The van der Waals surface area contributed by atoms with Crippen LogP contribution in [-0.2, 0) is 11.4 Å². The maximum absolute atomic E-state index is 12.6. The van der Waals surface area contributed by atoms with Gasteiger partial charge >= 0.3 is 0 Å². The number of ether oxygens (including phenoxy) is 3. The number of nitrogens with zero attached hydrogens (tertiary/aromatic N) is 1. The van der Waals surface area contributed by atoms with E-state index in [1.807, 2.05) is 42.5 Å². The Morgan fingerprint density at radius 1 is 1.04 bits per heavy atom. The van der Waals surface area contributed by atoms with Gasteiger partial charge < -0.3 is 14.2 Å². The van der Waals surface area contributed by atoms with Crippen LogP contribution in [0.4, 0.5) is 5.13 Å². The van der Waals surface area contributed by atoms with Gasteiger partial charge in [0.1, 0.15) is 19.0 Å². The van der Waals surface area contributed by atoms with Crippen LogP contribution < -0.4 is 19.5 Å². The summed E-state index contributed by atoms with van der Waals surface area (Å²) >= 11 is 1.41. The van der Waals surface area contributed by atoms with E-state index in [4.69, 9.17) is 14.2 Å². The van der Waals surface area contributed by atoms with Crippen LogP contribution in [0.3, 0.4) is 0 Å². The smallest absolute Gasteiger partial charge is 0.270 e. The number of hydrogen-bond donors (Lipinski definition) is 1. The number of carbonyl (C=O) groups excluding carboxylic acids is 1. The largest absolute Gasteiger partial charge is 0.487 e. The highest BCUT2D eigenvalue weighted by Crippen LogP contribution is 2.40. The monoisotopic (exact) mass is 366 g/mol. The summed E-state index contributed by atoms with van der Waals surface area (Å²) in [4.78, 5) is 18.1. The second kappa shape index (κ2) is 6.03. The van der Waals surface area contributed by atoms with Crippen molar-refractivity contribution >= 4 is 22.4 Å². The fourth-order valence-electron chi connectivity index (χ4n) is 2.98. The minimum atomic E-state index is -0.714. The summed E-state index contributed by atoms with van der Waals surface area (Å²) in [6, 6.07) is 15.1. The molecule has 1 N–H and O–H groups in total. The predicted molar refractivity (Wildman–Crippen MR) is 96.9 cm³/mol. The van der Waals surface area contributed by atoms with Crippen LogP contribution in [0.15, 0.2) is 48.5 Å². The van der Waals surface area contributed by atoms with Crippen molar-refractivity contribution in [3.8, 4) is 28.5 Å². The SMILES string of the molecule is O=C(Nc1nc2c(s1)COc1ccccc1-2)[C@@H]1COc2ccccc2O1. The minimum Gasteiger partial charge on any atom is -0.487 e. The van der Waals surface area contributed by atoms with Crippen molar-refractivity contribution in [2.24, 2.45) is 0 Å². The second-order valence-electron chi connectivity index (χ2n) is 5.93. The van der Waals surface area contributed by atoms with Gasteiger partial charge in [0.05, 0.1) is 10.6 Å². The number of carbonyl (C=O) groups is 1. The molecule has 26 heavy (non-hydrogen) atoms. The summed E-state index contributed by atoms with van der Waals surface area (Å²) in [5, 5.41) is 3.37.